The molecule has 0 radical (unpaired) electrons. The number of anilines is 1. The number of hydrogen-bond acceptors (Lipinski definition) is 19. The number of amides is 2. The van der Waals surface area contributed by atoms with Gasteiger partial charge in [-0.05, 0) is 81.2 Å². The summed E-state index contributed by atoms with van der Waals surface area (Å²) in [4.78, 5) is 108. The van der Waals surface area contributed by atoms with E-state index in [0.29, 0.717) is 11.3 Å². The summed E-state index contributed by atoms with van der Waals surface area (Å²) in [6.45, 7) is 9.71. The van der Waals surface area contributed by atoms with Gasteiger partial charge in [-0.3, -0.25) is 14.4 Å². The number of aliphatic carboxylic acids is 1. The van der Waals surface area contributed by atoms with Gasteiger partial charge in [0, 0.05) is 30.9 Å². The largest absolute Gasteiger partial charge is 0.509 e. The monoisotopic (exact) mass is 1070 g/mol. The molecule has 4 aliphatic rings. The van der Waals surface area contributed by atoms with Crippen LogP contribution >= 0.6 is 0 Å². The number of hydrogen-bond donors (Lipinski definition) is 6. The number of alkyl carbamates (subject to hydrolysis) is 1. The maximum Gasteiger partial charge on any atom is 0.509 e. The highest BCUT2D eigenvalue weighted by atomic mass is 16.7. The van der Waals surface area contributed by atoms with Crippen LogP contribution in [0.2, 0.25) is 0 Å². The maximum absolute atomic E-state index is 15.3. The molecular weight excluding hydrogens is 1010 g/mol. The molecule has 1 aliphatic heterocycles. The number of nitrogens with one attached hydrogen (secondary N) is 2. The average molecular weight is 1070 g/mol. The minimum absolute atomic E-state index is 0.0214. The Morgan fingerprint density at radius 2 is 1.51 bits per heavy atom. The lowest BCUT2D eigenvalue weighted by Crippen LogP contribution is -2.81. The molecule has 0 spiro atoms. The standard InChI is InChI=1S/C55H64N2O20/c1-29-35(24-55(69)46(75-47(65)33-17-13-10-14-18-33)44-53(8,45(64)42(63)40(29)52(55,6)7)36(59)23-37-54(44,28-72-37)76-30(2)58)73-48(66)43(41(32-15-11-9-12-16-32)57-49(67)77-51(3,4)5)74-50(68)71-25-31-19-21-34(22-20-31)56-38(60)26-70-27-39(61)62/h9-22,35-37,41-44,46,59,63,69H,23-28H2,1-8H3,(H,56,60)(H,57,67)(H,61,62)/t35-,36-,37+,41-,42+,43+,44-,46-,53+,54-,55+/m0/s1. The molecule has 2 bridgehead atoms. The van der Waals surface area contributed by atoms with Gasteiger partial charge in [-0.2, -0.15) is 0 Å². The average Bonchev–Trinajstić information content (AvgIpc) is 3.42. The molecule has 3 aliphatic carbocycles. The Kier molecular flexibility index (Phi) is 16.7. The summed E-state index contributed by atoms with van der Waals surface area (Å²) in [5.74, 6) is -7.64. The highest BCUT2D eigenvalue weighted by Gasteiger charge is 2.78. The van der Waals surface area contributed by atoms with E-state index in [4.69, 9.17) is 43.0 Å². The first-order valence-electron chi connectivity index (χ1n) is 24.8. The number of ketones is 1. The number of carboxylic acid groups (broad SMARTS) is 1. The number of carboxylic acids is 1. The third-order valence-corrected chi connectivity index (χ3v) is 14.8. The number of ether oxygens (including phenoxy) is 8. The van der Waals surface area contributed by atoms with Crippen molar-refractivity contribution in [3.8, 4) is 0 Å². The van der Waals surface area contributed by atoms with Crippen molar-refractivity contribution in [2.45, 2.75) is 134 Å². The van der Waals surface area contributed by atoms with E-state index in [1.54, 1.807) is 57.2 Å². The third kappa shape index (κ3) is 11.7. The summed E-state index contributed by atoms with van der Waals surface area (Å²) in [5.41, 5.74) is -8.44. The Labute approximate surface area is 443 Å². The van der Waals surface area contributed by atoms with E-state index in [9.17, 15) is 44.1 Å². The predicted octanol–water partition coefficient (Wildman–Crippen LogP) is 4.66. The first kappa shape index (κ1) is 57.5. The number of esters is 3. The zero-order chi connectivity index (χ0) is 56.4. The van der Waals surface area contributed by atoms with Crippen molar-refractivity contribution in [1.82, 2.24) is 5.32 Å². The molecule has 1 heterocycles. The first-order valence-corrected chi connectivity index (χ1v) is 24.8. The summed E-state index contributed by atoms with van der Waals surface area (Å²) < 4.78 is 46.2. The van der Waals surface area contributed by atoms with Crippen LogP contribution in [0.4, 0.5) is 15.3 Å². The highest BCUT2D eigenvalue weighted by molar-refractivity contribution is 5.94. The van der Waals surface area contributed by atoms with Crippen LogP contribution in [0.25, 0.3) is 0 Å². The molecule has 6 N–H and O–H groups in total. The molecule has 22 heteroatoms. The molecule has 414 valence electrons. The maximum atomic E-state index is 15.3. The molecule has 2 amide bonds. The minimum atomic E-state index is -2.50. The molecule has 3 aromatic carbocycles. The number of benzene rings is 3. The zero-order valence-corrected chi connectivity index (χ0v) is 43.8. The van der Waals surface area contributed by atoms with Crippen molar-refractivity contribution in [2.24, 2.45) is 16.7 Å². The van der Waals surface area contributed by atoms with Crippen LogP contribution in [0.15, 0.2) is 96.1 Å². The van der Waals surface area contributed by atoms with Crippen molar-refractivity contribution in [3.63, 3.8) is 0 Å². The fourth-order valence-electron chi connectivity index (χ4n) is 11.1. The molecule has 11 atom stereocenters. The number of aliphatic hydroxyl groups excluding tert-OH is 2. The molecule has 77 heavy (non-hydrogen) atoms. The SMILES string of the molecule is CC(=O)O[C@@]12CO[C@@H]1C[C@H](O)[C@@]1(C)C(=O)[C@H](O)C3=C(C)[C@@H](OC(=O)[C@H](OC(=O)OCc4ccc(NC(=O)COCC(=O)O)cc4)[C@@H](NC(=O)OC(C)(C)C)c4ccccc4)C[C@@](O)([C@@H](OC(=O)c4ccccc4)[C@H]21)C3(C)C. The van der Waals surface area contributed by atoms with E-state index in [1.807, 2.05) is 0 Å². The molecule has 0 unspecified atom stereocenters. The fourth-order valence-corrected chi connectivity index (χ4v) is 11.1. The topological polar surface area (TPSA) is 315 Å². The normalized spacial score (nSPS) is 28.0. The Hall–Kier alpha value is -7.24. The second kappa shape index (κ2) is 22.4. The van der Waals surface area contributed by atoms with Crippen LogP contribution in [0.5, 0.6) is 0 Å². The quantitative estimate of drug-likeness (QED) is 0.0645. The summed E-state index contributed by atoms with van der Waals surface area (Å²) >= 11 is 0. The number of Topliss-reactive ketones (excluding diaryl/α,β-unsaturated/α-hetero) is 1. The second-order valence-corrected chi connectivity index (χ2v) is 21.3. The van der Waals surface area contributed by atoms with Crippen molar-refractivity contribution in [2.75, 3.05) is 25.1 Å². The lowest BCUT2D eigenvalue weighted by atomic mass is 9.44. The fraction of sp³-hybridized carbons (Fsp3) is 0.491. The van der Waals surface area contributed by atoms with E-state index in [2.05, 4.69) is 10.6 Å². The minimum Gasteiger partial charge on any atom is -0.480 e. The number of rotatable bonds is 16. The van der Waals surface area contributed by atoms with Gasteiger partial charge in [0.05, 0.1) is 29.6 Å². The molecule has 1 saturated heterocycles. The third-order valence-electron chi connectivity index (χ3n) is 14.8. The van der Waals surface area contributed by atoms with Crippen LogP contribution in [0.1, 0.15) is 95.8 Å². The number of carbonyl (C=O) groups excluding carboxylic acids is 7. The van der Waals surface area contributed by atoms with E-state index >= 15 is 9.59 Å². The van der Waals surface area contributed by atoms with Crippen molar-refractivity contribution >= 4 is 53.5 Å². The van der Waals surface area contributed by atoms with Crippen LogP contribution in [0, 0.1) is 16.7 Å². The Balaban J connectivity index is 1.28. The predicted molar refractivity (Wildman–Crippen MR) is 266 cm³/mol. The summed E-state index contributed by atoms with van der Waals surface area (Å²) in [7, 11) is 0. The number of fused-ring (bicyclic) bond motifs is 5. The van der Waals surface area contributed by atoms with Gasteiger partial charge in [-0.15, -0.1) is 0 Å². The highest BCUT2D eigenvalue weighted by Crippen LogP contribution is 2.64. The van der Waals surface area contributed by atoms with Gasteiger partial charge in [0.15, 0.2) is 11.4 Å². The first-order chi connectivity index (χ1) is 36.1. The van der Waals surface area contributed by atoms with Gasteiger partial charge in [-0.25, -0.2) is 24.0 Å². The lowest BCUT2D eigenvalue weighted by molar-refractivity contribution is -0.346. The van der Waals surface area contributed by atoms with Gasteiger partial charge in [0.25, 0.3) is 0 Å². The van der Waals surface area contributed by atoms with Crippen LogP contribution in [-0.2, 0) is 68.5 Å². The van der Waals surface area contributed by atoms with Gasteiger partial charge in [0.1, 0.15) is 61.5 Å². The molecule has 3 aromatic rings. The van der Waals surface area contributed by atoms with Crippen molar-refractivity contribution in [1.29, 1.82) is 0 Å². The molecule has 22 nitrogen and oxygen atoms in total. The van der Waals surface area contributed by atoms with E-state index in [0.717, 1.165) is 6.92 Å². The summed E-state index contributed by atoms with van der Waals surface area (Å²) in [5, 5.41) is 52.2. The van der Waals surface area contributed by atoms with Gasteiger partial charge >= 0.3 is 36.1 Å². The Morgan fingerprint density at radius 1 is 0.870 bits per heavy atom. The van der Waals surface area contributed by atoms with Crippen LogP contribution < -0.4 is 10.6 Å². The van der Waals surface area contributed by atoms with Crippen LogP contribution in [-0.4, -0.2) is 141 Å². The number of aliphatic hydroxyl groups is 3. The van der Waals surface area contributed by atoms with E-state index < -0.39 is 150 Å². The second-order valence-electron chi connectivity index (χ2n) is 21.3. The van der Waals surface area contributed by atoms with Gasteiger partial charge in [0.2, 0.25) is 12.0 Å². The van der Waals surface area contributed by atoms with Gasteiger partial charge < -0.3 is 69.0 Å². The van der Waals surface area contributed by atoms with E-state index in [-0.39, 0.29) is 35.3 Å². The Morgan fingerprint density at radius 3 is 2.09 bits per heavy atom. The zero-order valence-electron chi connectivity index (χ0n) is 43.8. The molecule has 3 fully saturated rings. The summed E-state index contributed by atoms with van der Waals surface area (Å²) in [6, 6.07) is 19.9. The van der Waals surface area contributed by atoms with Crippen LogP contribution in [0.3, 0.4) is 0 Å². The number of carbonyl (C=O) groups is 8. The smallest absolute Gasteiger partial charge is 0.480 e. The molecular formula is C55H64N2O20. The molecule has 7 rings (SSSR count). The van der Waals surface area contributed by atoms with Crippen molar-refractivity contribution < 1.29 is 96.7 Å². The summed E-state index contributed by atoms with van der Waals surface area (Å²) in [6.07, 6.45) is -13.9. The molecule has 0 aromatic heterocycles. The molecule has 2 saturated carbocycles. The van der Waals surface area contributed by atoms with Crippen molar-refractivity contribution in [3.05, 3.63) is 113 Å². The lowest BCUT2D eigenvalue weighted by Gasteiger charge is -2.67. The van der Waals surface area contributed by atoms with E-state index in [1.165, 1.54) is 76.2 Å². The van der Waals surface area contributed by atoms with Gasteiger partial charge in [-0.1, -0.05) is 74.5 Å². The Bertz CT molecular complexity index is 2780.